The number of halogens is 1. The Morgan fingerprint density at radius 1 is 1.03 bits per heavy atom. The van der Waals surface area contributed by atoms with Gasteiger partial charge in [0.1, 0.15) is 5.82 Å². The molecule has 0 aliphatic heterocycles. The van der Waals surface area contributed by atoms with Gasteiger partial charge in [-0.2, -0.15) is 9.78 Å². The third kappa shape index (κ3) is 3.31. The first-order valence-electron chi connectivity index (χ1n) is 9.95. The molecule has 0 amide bonds. The molecule has 0 radical (unpaired) electrons. The Kier molecular flexibility index (Phi) is 4.86. The molecule has 0 saturated heterocycles. The van der Waals surface area contributed by atoms with Crippen LogP contribution in [0.2, 0.25) is 0 Å². The second-order valence-electron chi connectivity index (χ2n) is 7.49. The number of fused-ring (bicyclic) bond motifs is 1. The van der Waals surface area contributed by atoms with Crippen molar-refractivity contribution in [2.24, 2.45) is 0 Å². The number of hydrogen-bond donors (Lipinski definition) is 0. The molecule has 30 heavy (non-hydrogen) atoms. The fraction of sp³-hybridized carbons (Fsp3) is 0.273. The number of thioether (sulfide) groups is 1. The van der Waals surface area contributed by atoms with Crippen LogP contribution in [0.15, 0.2) is 47.6 Å². The molecular formula is C22H21FN6S. The van der Waals surface area contributed by atoms with Crippen molar-refractivity contribution in [2.75, 3.05) is 0 Å². The molecule has 0 N–H and O–H groups in total. The SMILES string of the molecule is Cc1cccc(-n2nnnc2SCc2nn(-c3ccc(F)cc3)c3c2CCC3)c1C. The Morgan fingerprint density at radius 2 is 1.87 bits per heavy atom. The highest BCUT2D eigenvalue weighted by Crippen LogP contribution is 2.32. The average Bonchev–Trinajstić information content (AvgIpc) is 3.46. The van der Waals surface area contributed by atoms with Gasteiger partial charge < -0.3 is 0 Å². The molecule has 0 unspecified atom stereocenters. The Balaban J connectivity index is 1.44. The maximum Gasteiger partial charge on any atom is 0.214 e. The Morgan fingerprint density at radius 3 is 2.70 bits per heavy atom. The predicted molar refractivity (Wildman–Crippen MR) is 114 cm³/mol. The van der Waals surface area contributed by atoms with Gasteiger partial charge in [0.25, 0.3) is 0 Å². The highest BCUT2D eigenvalue weighted by atomic mass is 32.2. The highest BCUT2D eigenvalue weighted by Gasteiger charge is 2.24. The van der Waals surface area contributed by atoms with Crippen LogP contribution in [0.25, 0.3) is 11.4 Å². The summed E-state index contributed by atoms with van der Waals surface area (Å²) in [5.74, 6) is 0.443. The molecular weight excluding hydrogens is 399 g/mol. The zero-order valence-corrected chi connectivity index (χ0v) is 17.7. The molecule has 1 aliphatic carbocycles. The first-order valence-corrected chi connectivity index (χ1v) is 10.9. The number of aryl methyl sites for hydroxylation is 1. The summed E-state index contributed by atoms with van der Waals surface area (Å²) in [6.45, 7) is 4.17. The monoisotopic (exact) mass is 420 g/mol. The fourth-order valence-corrected chi connectivity index (χ4v) is 4.79. The Bertz CT molecular complexity index is 1210. The summed E-state index contributed by atoms with van der Waals surface area (Å²) in [7, 11) is 0. The van der Waals surface area contributed by atoms with Crippen LogP contribution in [0, 0.1) is 19.7 Å². The van der Waals surface area contributed by atoms with Gasteiger partial charge in [-0.1, -0.05) is 23.9 Å². The van der Waals surface area contributed by atoms with Crippen LogP contribution >= 0.6 is 11.8 Å². The van der Waals surface area contributed by atoms with Gasteiger partial charge in [-0.3, -0.25) is 0 Å². The van der Waals surface area contributed by atoms with Crippen LogP contribution < -0.4 is 0 Å². The van der Waals surface area contributed by atoms with E-state index in [9.17, 15) is 4.39 Å². The van der Waals surface area contributed by atoms with E-state index in [4.69, 9.17) is 5.10 Å². The molecule has 0 bridgehead atoms. The molecule has 8 heteroatoms. The lowest BCUT2D eigenvalue weighted by Crippen LogP contribution is -2.03. The Labute approximate surface area is 178 Å². The summed E-state index contributed by atoms with van der Waals surface area (Å²) in [5, 5.41) is 17.9. The van der Waals surface area contributed by atoms with Crippen LogP contribution in [0.1, 0.15) is 34.5 Å². The molecule has 1 aliphatic rings. The second kappa shape index (κ2) is 7.68. The van der Waals surface area contributed by atoms with Gasteiger partial charge in [-0.15, -0.1) is 5.10 Å². The van der Waals surface area contributed by atoms with E-state index in [1.165, 1.54) is 29.0 Å². The third-order valence-corrected chi connectivity index (χ3v) is 6.60. The molecule has 2 aromatic heterocycles. The zero-order valence-electron chi connectivity index (χ0n) is 16.8. The number of aromatic nitrogens is 6. The largest absolute Gasteiger partial charge is 0.237 e. The van der Waals surface area contributed by atoms with Crippen molar-refractivity contribution in [1.82, 2.24) is 30.0 Å². The molecule has 152 valence electrons. The number of benzene rings is 2. The van der Waals surface area contributed by atoms with E-state index in [2.05, 4.69) is 35.4 Å². The fourth-order valence-electron chi connectivity index (χ4n) is 3.94. The average molecular weight is 421 g/mol. The predicted octanol–water partition coefficient (Wildman–Crippen LogP) is 4.38. The first-order chi connectivity index (χ1) is 14.6. The molecule has 2 aromatic carbocycles. The molecule has 2 heterocycles. The zero-order chi connectivity index (χ0) is 20.7. The maximum atomic E-state index is 13.3. The lowest BCUT2D eigenvalue weighted by atomic mass is 10.1. The minimum Gasteiger partial charge on any atom is -0.237 e. The van der Waals surface area contributed by atoms with Crippen LogP contribution in [-0.4, -0.2) is 30.0 Å². The minimum absolute atomic E-state index is 0.239. The van der Waals surface area contributed by atoms with E-state index >= 15 is 0 Å². The normalized spacial score (nSPS) is 13.0. The maximum absolute atomic E-state index is 13.3. The van der Waals surface area contributed by atoms with Crippen molar-refractivity contribution in [1.29, 1.82) is 0 Å². The van der Waals surface area contributed by atoms with Crippen LogP contribution in [0.5, 0.6) is 0 Å². The molecule has 5 rings (SSSR count). The van der Waals surface area contributed by atoms with Crippen molar-refractivity contribution in [3.63, 3.8) is 0 Å². The summed E-state index contributed by atoms with van der Waals surface area (Å²) >= 11 is 1.58. The standard InChI is InChI=1S/C22H21FN6S/c1-14-5-3-7-20(15(14)2)29-22(24-26-27-29)30-13-19-18-6-4-8-21(18)28(25-19)17-11-9-16(23)10-12-17/h3,5,7,9-12H,4,6,8,13H2,1-2H3. The molecule has 0 fully saturated rings. The summed E-state index contributed by atoms with van der Waals surface area (Å²) in [6, 6.07) is 12.6. The van der Waals surface area contributed by atoms with Crippen molar-refractivity contribution in [3.8, 4) is 11.4 Å². The van der Waals surface area contributed by atoms with Gasteiger partial charge in [0.15, 0.2) is 0 Å². The van der Waals surface area contributed by atoms with Gasteiger partial charge in [-0.05, 0) is 90.6 Å². The highest BCUT2D eigenvalue weighted by molar-refractivity contribution is 7.98. The molecule has 0 atom stereocenters. The molecule has 0 spiro atoms. The summed E-state index contributed by atoms with van der Waals surface area (Å²) in [4.78, 5) is 0. The van der Waals surface area contributed by atoms with E-state index in [-0.39, 0.29) is 5.82 Å². The smallest absolute Gasteiger partial charge is 0.214 e. The van der Waals surface area contributed by atoms with Gasteiger partial charge in [0.05, 0.1) is 17.1 Å². The summed E-state index contributed by atoms with van der Waals surface area (Å²) < 4.78 is 17.1. The van der Waals surface area contributed by atoms with E-state index in [0.29, 0.717) is 5.75 Å². The number of nitrogens with zero attached hydrogens (tertiary/aromatic N) is 6. The van der Waals surface area contributed by atoms with E-state index in [0.717, 1.165) is 47.1 Å². The van der Waals surface area contributed by atoms with Crippen molar-refractivity contribution in [2.45, 2.75) is 44.0 Å². The number of hydrogen-bond acceptors (Lipinski definition) is 5. The number of rotatable bonds is 5. The van der Waals surface area contributed by atoms with E-state index in [1.807, 2.05) is 16.8 Å². The van der Waals surface area contributed by atoms with Gasteiger partial charge in [0.2, 0.25) is 5.16 Å². The van der Waals surface area contributed by atoms with Crippen LogP contribution in [0.3, 0.4) is 0 Å². The van der Waals surface area contributed by atoms with Crippen molar-refractivity contribution < 1.29 is 4.39 Å². The van der Waals surface area contributed by atoms with Crippen LogP contribution in [0.4, 0.5) is 4.39 Å². The molecule has 6 nitrogen and oxygen atoms in total. The third-order valence-electron chi connectivity index (χ3n) is 5.67. The Hall–Kier alpha value is -3.00. The van der Waals surface area contributed by atoms with E-state index in [1.54, 1.807) is 28.6 Å². The van der Waals surface area contributed by atoms with Gasteiger partial charge in [0, 0.05) is 11.4 Å². The summed E-state index contributed by atoms with van der Waals surface area (Å²) in [6.07, 6.45) is 3.13. The lowest BCUT2D eigenvalue weighted by molar-refractivity contribution is 0.626. The van der Waals surface area contributed by atoms with Gasteiger partial charge >= 0.3 is 0 Å². The molecule has 0 saturated carbocycles. The number of tetrazole rings is 1. The topological polar surface area (TPSA) is 61.4 Å². The van der Waals surface area contributed by atoms with Crippen LogP contribution in [-0.2, 0) is 18.6 Å². The molecule has 4 aromatic rings. The lowest BCUT2D eigenvalue weighted by Gasteiger charge is -2.09. The quantitative estimate of drug-likeness (QED) is 0.448. The van der Waals surface area contributed by atoms with Crippen molar-refractivity contribution >= 4 is 11.8 Å². The van der Waals surface area contributed by atoms with E-state index < -0.39 is 0 Å². The van der Waals surface area contributed by atoms with Gasteiger partial charge in [-0.25, -0.2) is 9.07 Å². The summed E-state index contributed by atoms with van der Waals surface area (Å²) in [5.41, 5.74) is 7.83. The minimum atomic E-state index is -0.239. The van der Waals surface area contributed by atoms with Crippen molar-refractivity contribution in [3.05, 3.63) is 76.4 Å². The second-order valence-corrected chi connectivity index (χ2v) is 8.44. The first kappa shape index (κ1) is 19.0.